The minimum absolute atomic E-state index is 0.0951. The second-order valence-electron chi connectivity index (χ2n) is 7.43. The average Bonchev–Trinajstić information content (AvgIpc) is 2.80. The van der Waals surface area contributed by atoms with Gasteiger partial charge in [0, 0.05) is 26.7 Å². The largest absolute Gasteiger partial charge is 0.495 e. The Morgan fingerprint density at radius 1 is 0.906 bits per heavy atom. The number of ether oxygens (including phenoxy) is 1. The molecule has 0 spiro atoms. The number of carbonyl (C=O) groups is 1. The quantitative estimate of drug-likeness (QED) is 0.540. The molecule has 32 heavy (non-hydrogen) atoms. The molecule has 1 amide bonds. The summed E-state index contributed by atoms with van der Waals surface area (Å²) in [7, 11) is 1.99. The molecular weight excluding hydrogens is 431 g/mol. The van der Waals surface area contributed by atoms with Crippen LogP contribution in [0.25, 0.3) is 0 Å². The minimum Gasteiger partial charge on any atom is -0.495 e. The van der Waals surface area contributed by atoms with E-state index in [-0.39, 0.29) is 27.9 Å². The van der Waals surface area contributed by atoms with Crippen molar-refractivity contribution in [3.63, 3.8) is 0 Å². The van der Waals surface area contributed by atoms with Gasteiger partial charge in [-0.15, -0.1) is 0 Å². The van der Waals surface area contributed by atoms with Gasteiger partial charge < -0.3 is 9.64 Å². The molecule has 1 atom stereocenters. The molecule has 0 fully saturated rings. The van der Waals surface area contributed by atoms with Crippen LogP contribution < -0.4 is 4.74 Å². The third-order valence-electron chi connectivity index (χ3n) is 5.18. The lowest BCUT2D eigenvalue weighted by molar-refractivity contribution is 0.0755. The lowest BCUT2D eigenvalue weighted by atomic mass is 9.96. The topological polar surface area (TPSA) is 66.9 Å². The van der Waals surface area contributed by atoms with Gasteiger partial charge in [0.25, 0.3) is 5.91 Å². The van der Waals surface area contributed by atoms with E-state index < -0.39 is 16.1 Å². The van der Waals surface area contributed by atoms with Gasteiger partial charge in [-0.3, -0.25) is 4.79 Å². The molecule has 1 unspecified atom stereocenters. The predicted molar refractivity (Wildman–Crippen MR) is 121 cm³/mol. The average molecular weight is 457 g/mol. The number of hydrogen-bond acceptors (Lipinski definition) is 4. The maximum absolute atomic E-state index is 13.5. The number of amides is 1. The fourth-order valence-corrected chi connectivity index (χ4v) is 4.52. The Bertz CT molecular complexity index is 1200. The summed E-state index contributed by atoms with van der Waals surface area (Å²) in [5.41, 5.74) is 1.75. The summed E-state index contributed by atoms with van der Waals surface area (Å²) in [5, 5.41) is 0. The number of methoxy groups -OCH3 is 1. The smallest absolute Gasteiger partial charge is 0.254 e. The van der Waals surface area contributed by atoms with Gasteiger partial charge >= 0.3 is 0 Å². The summed E-state index contributed by atoms with van der Waals surface area (Å²) in [4.78, 5) is 14.9. The van der Waals surface area contributed by atoms with Gasteiger partial charge in [-0.25, -0.2) is 17.1 Å². The third kappa shape index (κ3) is 4.66. The summed E-state index contributed by atoms with van der Waals surface area (Å²) in [6.45, 7) is 0. The van der Waals surface area contributed by atoms with E-state index in [9.17, 15) is 17.6 Å². The zero-order valence-electron chi connectivity index (χ0n) is 18.3. The van der Waals surface area contributed by atoms with Crippen LogP contribution in [0.4, 0.5) is 4.39 Å². The van der Waals surface area contributed by atoms with Crippen LogP contribution in [0.3, 0.4) is 0 Å². The number of hydrogen-bond donors (Lipinski definition) is 0. The lowest BCUT2D eigenvalue weighted by Gasteiger charge is -2.29. The Balaban J connectivity index is 2.07. The summed E-state index contributed by atoms with van der Waals surface area (Å²) in [6, 6.07) is 19.1. The van der Waals surface area contributed by atoms with Crippen molar-refractivity contribution in [1.29, 1.82) is 0 Å². The van der Waals surface area contributed by atoms with Crippen molar-refractivity contribution in [3.05, 3.63) is 95.3 Å². The minimum atomic E-state index is -3.83. The summed E-state index contributed by atoms with van der Waals surface area (Å²) >= 11 is 0. The van der Waals surface area contributed by atoms with E-state index in [0.717, 1.165) is 15.4 Å². The van der Waals surface area contributed by atoms with Gasteiger partial charge in [0.15, 0.2) is 0 Å². The Labute approximate surface area is 187 Å². The third-order valence-corrected chi connectivity index (χ3v) is 7.01. The monoisotopic (exact) mass is 456 g/mol. The lowest BCUT2D eigenvalue weighted by Crippen LogP contribution is -2.32. The van der Waals surface area contributed by atoms with Crippen LogP contribution in [0.15, 0.2) is 77.7 Å². The molecule has 8 heteroatoms. The van der Waals surface area contributed by atoms with E-state index >= 15 is 0 Å². The molecule has 0 radical (unpaired) electrons. The van der Waals surface area contributed by atoms with E-state index in [0.29, 0.717) is 0 Å². The van der Waals surface area contributed by atoms with E-state index in [1.807, 2.05) is 30.3 Å². The second kappa shape index (κ2) is 9.50. The molecule has 0 heterocycles. The van der Waals surface area contributed by atoms with Gasteiger partial charge in [0.1, 0.15) is 16.5 Å². The van der Waals surface area contributed by atoms with E-state index in [4.69, 9.17) is 4.74 Å². The van der Waals surface area contributed by atoms with Crippen LogP contribution in [0.2, 0.25) is 0 Å². The number of carbonyl (C=O) groups excluding carboxylic acids is 1. The van der Waals surface area contributed by atoms with Crippen LogP contribution in [-0.4, -0.2) is 51.8 Å². The first-order valence-electron chi connectivity index (χ1n) is 9.85. The molecule has 6 nitrogen and oxygen atoms in total. The molecule has 3 rings (SSSR count). The Morgan fingerprint density at radius 2 is 1.50 bits per heavy atom. The molecule has 0 saturated heterocycles. The SMILES string of the molecule is COc1ccc(C(=O)N(C)C(c2ccccc2)c2ccc(F)cc2)cc1S(=O)(=O)N(C)C. The highest BCUT2D eigenvalue weighted by Crippen LogP contribution is 2.31. The number of benzene rings is 3. The molecule has 0 aromatic heterocycles. The highest BCUT2D eigenvalue weighted by Gasteiger charge is 2.28. The van der Waals surface area contributed by atoms with Gasteiger partial charge in [-0.2, -0.15) is 0 Å². The zero-order valence-corrected chi connectivity index (χ0v) is 19.1. The predicted octanol–water partition coefficient (Wildman–Crippen LogP) is 3.95. The van der Waals surface area contributed by atoms with Crippen molar-refractivity contribution >= 4 is 15.9 Å². The van der Waals surface area contributed by atoms with Gasteiger partial charge in [-0.1, -0.05) is 42.5 Å². The van der Waals surface area contributed by atoms with Crippen LogP contribution in [0.5, 0.6) is 5.75 Å². The van der Waals surface area contributed by atoms with Crippen LogP contribution in [-0.2, 0) is 10.0 Å². The molecular formula is C24H25FN2O4S. The Kier molecular flexibility index (Phi) is 6.96. The molecule has 0 saturated carbocycles. The zero-order chi connectivity index (χ0) is 23.5. The highest BCUT2D eigenvalue weighted by molar-refractivity contribution is 7.89. The molecule has 168 valence electrons. The molecule has 0 aliphatic rings. The van der Waals surface area contributed by atoms with Crippen molar-refractivity contribution in [2.45, 2.75) is 10.9 Å². The molecule has 3 aromatic carbocycles. The maximum Gasteiger partial charge on any atom is 0.254 e. The van der Waals surface area contributed by atoms with E-state index in [1.54, 1.807) is 19.2 Å². The van der Waals surface area contributed by atoms with Crippen molar-refractivity contribution < 1.29 is 22.3 Å². The summed E-state index contributed by atoms with van der Waals surface area (Å²) in [5.74, 6) is -0.611. The van der Waals surface area contributed by atoms with Crippen LogP contribution >= 0.6 is 0 Å². The van der Waals surface area contributed by atoms with Crippen molar-refractivity contribution in [3.8, 4) is 5.75 Å². The molecule has 0 N–H and O–H groups in total. The maximum atomic E-state index is 13.5. The Hall–Kier alpha value is -3.23. The first-order valence-corrected chi connectivity index (χ1v) is 11.3. The Morgan fingerprint density at radius 3 is 2.06 bits per heavy atom. The molecule has 0 aliphatic heterocycles. The first-order chi connectivity index (χ1) is 15.2. The number of nitrogens with zero attached hydrogens (tertiary/aromatic N) is 2. The van der Waals surface area contributed by atoms with Gasteiger partial charge in [-0.05, 0) is 41.5 Å². The number of rotatable bonds is 7. The van der Waals surface area contributed by atoms with E-state index in [1.165, 1.54) is 56.4 Å². The second-order valence-corrected chi connectivity index (χ2v) is 9.55. The van der Waals surface area contributed by atoms with Crippen LogP contribution in [0, 0.1) is 5.82 Å². The van der Waals surface area contributed by atoms with Crippen molar-refractivity contribution in [2.75, 3.05) is 28.3 Å². The van der Waals surface area contributed by atoms with Crippen molar-refractivity contribution in [1.82, 2.24) is 9.21 Å². The molecule has 3 aromatic rings. The first kappa shape index (κ1) is 23.4. The fourth-order valence-electron chi connectivity index (χ4n) is 3.45. The van der Waals surface area contributed by atoms with Gasteiger partial charge in [0.05, 0.1) is 13.2 Å². The summed E-state index contributed by atoms with van der Waals surface area (Å²) < 4.78 is 45.3. The van der Waals surface area contributed by atoms with Crippen LogP contribution in [0.1, 0.15) is 27.5 Å². The number of sulfonamides is 1. The summed E-state index contributed by atoms with van der Waals surface area (Å²) in [6.07, 6.45) is 0. The highest BCUT2D eigenvalue weighted by atomic mass is 32.2. The molecule has 0 bridgehead atoms. The van der Waals surface area contributed by atoms with Gasteiger partial charge in [0.2, 0.25) is 10.0 Å². The normalized spacial score (nSPS) is 12.4. The number of halogens is 1. The van der Waals surface area contributed by atoms with Crippen molar-refractivity contribution in [2.24, 2.45) is 0 Å². The fraction of sp³-hybridized carbons (Fsp3) is 0.208. The standard InChI is InChI=1S/C24H25FN2O4S/c1-26(2)32(29,30)22-16-19(12-15-21(22)31-4)24(28)27(3)23(17-8-6-5-7-9-17)18-10-13-20(25)14-11-18/h5-16,23H,1-4H3. The van der Waals surface area contributed by atoms with E-state index in [2.05, 4.69) is 0 Å². The molecule has 0 aliphatic carbocycles.